The Morgan fingerprint density at radius 2 is 2.31 bits per heavy atom. The van der Waals surface area contributed by atoms with E-state index in [1.54, 1.807) is 4.90 Å². The zero-order chi connectivity index (χ0) is 10.2. The van der Waals surface area contributed by atoms with Gasteiger partial charge in [0.2, 0.25) is 0 Å². The Labute approximate surface area is 78.3 Å². The Bertz CT molecular complexity index is 354. The van der Waals surface area contributed by atoms with Crippen LogP contribution in [-0.4, -0.2) is 25.6 Å². The molecule has 1 fully saturated rings. The molecule has 1 atom stereocenters. The lowest BCUT2D eigenvalue weighted by Crippen LogP contribution is -2.13. The highest BCUT2D eigenvalue weighted by molar-refractivity contribution is 5.86. The average Bonchev–Trinajstić information content (AvgIpc) is 2.92. The van der Waals surface area contributed by atoms with Crippen LogP contribution in [0.15, 0.2) is 30.3 Å². The lowest BCUT2D eigenvalue weighted by molar-refractivity contribution is -0.139. The van der Waals surface area contributed by atoms with E-state index < -0.39 is 12.0 Å². The first-order chi connectivity index (χ1) is 6.68. The Morgan fingerprint density at radius 3 is 2.92 bits per heavy atom. The zero-order valence-corrected chi connectivity index (χ0v) is 7.36. The van der Waals surface area contributed by atoms with Gasteiger partial charge in [0.1, 0.15) is 6.02 Å². The van der Waals surface area contributed by atoms with Crippen molar-refractivity contribution < 1.29 is 10.9 Å². The second-order valence-electron chi connectivity index (χ2n) is 2.86. The van der Waals surface area contributed by atoms with Crippen LogP contribution in [0.1, 0.15) is 1.37 Å². The molecule has 68 valence electrons. The van der Waals surface area contributed by atoms with E-state index in [-0.39, 0.29) is 0 Å². The molecule has 1 saturated heterocycles. The van der Waals surface area contributed by atoms with Gasteiger partial charge >= 0.3 is 5.97 Å². The third-order valence-electron chi connectivity index (χ3n) is 2.02. The molecule has 13 heavy (non-hydrogen) atoms. The number of methoxy groups -OCH3 is 1. The number of para-hydroxylation sites is 1. The summed E-state index contributed by atoms with van der Waals surface area (Å²) in [4.78, 5) is 12.9. The van der Waals surface area contributed by atoms with Crippen LogP contribution in [0.2, 0.25) is 0 Å². The molecule has 1 aromatic carbocycles. The maximum absolute atomic E-state index is 11.2. The van der Waals surface area contributed by atoms with Gasteiger partial charge in [0.15, 0.2) is 0 Å². The second kappa shape index (κ2) is 3.09. The topological polar surface area (TPSA) is 29.3 Å². The van der Waals surface area contributed by atoms with Crippen LogP contribution in [0.25, 0.3) is 0 Å². The van der Waals surface area contributed by atoms with Crippen LogP contribution in [-0.2, 0) is 9.53 Å². The van der Waals surface area contributed by atoms with Crippen molar-refractivity contribution in [3.8, 4) is 0 Å². The van der Waals surface area contributed by atoms with E-state index in [1.165, 1.54) is 7.11 Å². The number of carbonyl (C=O) groups excluding carboxylic acids is 1. The number of esters is 1. The number of anilines is 1. The standard InChI is InChI=1S/C10H11NO2/c1-13-10(12)9-7-11(9)8-5-3-2-4-6-8/h2-6,9H,7H2,1H3/i9D. The van der Waals surface area contributed by atoms with Crippen molar-refractivity contribution in [1.29, 1.82) is 0 Å². The van der Waals surface area contributed by atoms with Gasteiger partial charge in [-0.1, -0.05) is 18.2 Å². The third kappa shape index (κ3) is 1.49. The highest BCUT2D eigenvalue weighted by Crippen LogP contribution is 2.27. The maximum Gasteiger partial charge on any atom is 0.330 e. The Hall–Kier alpha value is -1.51. The molecule has 0 spiro atoms. The fourth-order valence-electron chi connectivity index (χ4n) is 1.26. The molecule has 1 aliphatic heterocycles. The summed E-state index contributed by atoms with van der Waals surface area (Å²) in [6.07, 6.45) is 0. The van der Waals surface area contributed by atoms with Crippen molar-refractivity contribution in [3.05, 3.63) is 30.3 Å². The van der Waals surface area contributed by atoms with Gasteiger partial charge in [-0.2, -0.15) is 0 Å². The van der Waals surface area contributed by atoms with Crippen LogP contribution in [0.4, 0.5) is 5.69 Å². The summed E-state index contributed by atoms with van der Waals surface area (Å²) in [5.74, 6) is -0.499. The summed E-state index contributed by atoms with van der Waals surface area (Å²) >= 11 is 0. The van der Waals surface area contributed by atoms with E-state index in [1.807, 2.05) is 30.3 Å². The van der Waals surface area contributed by atoms with Crippen molar-refractivity contribution >= 4 is 11.7 Å². The minimum Gasteiger partial charge on any atom is -0.467 e. The average molecular weight is 178 g/mol. The molecular formula is C10H11NO2. The smallest absolute Gasteiger partial charge is 0.330 e. The van der Waals surface area contributed by atoms with Crippen molar-refractivity contribution in [2.75, 3.05) is 18.6 Å². The number of carbonyl (C=O) groups is 1. The maximum atomic E-state index is 11.2. The van der Waals surface area contributed by atoms with Gasteiger partial charge in [-0.3, -0.25) is 0 Å². The molecule has 3 heteroatoms. The number of benzene rings is 1. The number of ether oxygens (including phenoxy) is 1. The quantitative estimate of drug-likeness (QED) is 0.500. The molecule has 1 unspecified atom stereocenters. The largest absolute Gasteiger partial charge is 0.467 e. The van der Waals surface area contributed by atoms with Gasteiger partial charge in [0.05, 0.1) is 15.0 Å². The van der Waals surface area contributed by atoms with Crippen molar-refractivity contribution in [3.63, 3.8) is 0 Å². The summed E-state index contributed by atoms with van der Waals surface area (Å²) < 4.78 is 12.4. The van der Waals surface area contributed by atoms with E-state index >= 15 is 0 Å². The molecule has 1 aliphatic rings. The molecule has 0 saturated carbocycles. The molecule has 0 N–H and O–H groups in total. The third-order valence-corrected chi connectivity index (χ3v) is 2.02. The van der Waals surface area contributed by atoms with Gasteiger partial charge in [0, 0.05) is 5.69 Å². The number of rotatable bonds is 2. The predicted octanol–water partition coefficient (Wildman–Crippen LogP) is 1.05. The fraction of sp³-hybridized carbons (Fsp3) is 0.300. The van der Waals surface area contributed by atoms with Crippen molar-refractivity contribution in [2.24, 2.45) is 0 Å². The molecule has 1 aromatic rings. The molecule has 2 rings (SSSR count). The van der Waals surface area contributed by atoms with Crippen LogP contribution >= 0.6 is 0 Å². The molecule has 0 aromatic heterocycles. The molecule has 0 amide bonds. The summed E-state index contributed by atoms with van der Waals surface area (Å²) in [7, 11) is 1.31. The molecule has 0 aliphatic carbocycles. The fourth-order valence-corrected chi connectivity index (χ4v) is 1.26. The molecule has 1 heterocycles. The Morgan fingerprint density at radius 1 is 1.62 bits per heavy atom. The molecule has 3 nitrogen and oxygen atoms in total. The molecule has 0 bridgehead atoms. The first kappa shape index (κ1) is 6.95. The Balaban J connectivity index is 2.16. The summed E-state index contributed by atoms with van der Waals surface area (Å²) in [5.41, 5.74) is 0.882. The van der Waals surface area contributed by atoms with Gasteiger partial charge < -0.3 is 9.64 Å². The number of hydrogen-bond donors (Lipinski definition) is 0. The summed E-state index contributed by atoms with van der Waals surface area (Å²) in [5, 5.41) is 0. The van der Waals surface area contributed by atoms with E-state index in [0.717, 1.165) is 5.69 Å². The summed E-state index contributed by atoms with van der Waals surface area (Å²) in [6, 6.07) is 8.21. The van der Waals surface area contributed by atoms with Gasteiger partial charge in [0.25, 0.3) is 0 Å². The van der Waals surface area contributed by atoms with Crippen LogP contribution in [0.5, 0.6) is 0 Å². The highest BCUT2D eigenvalue weighted by Gasteiger charge is 2.41. The van der Waals surface area contributed by atoms with Crippen molar-refractivity contribution in [2.45, 2.75) is 6.02 Å². The molecular weight excluding hydrogens is 166 g/mol. The molecule has 0 radical (unpaired) electrons. The van der Waals surface area contributed by atoms with E-state index in [0.29, 0.717) is 6.54 Å². The Kier molecular flexibility index (Phi) is 1.65. The van der Waals surface area contributed by atoms with E-state index in [2.05, 4.69) is 4.74 Å². The van der Waals surface area contributed by atoms with Crippen LogP contribution in [0, 0.1) is 0 Å². The highest BCUT2D eigenvalue weighted by atomic mass is 16.5. The summed E-state index contributed by atoms with van der Waals surface area (Å²) in [6.45, 7) is 0.406. The minimum absolute atomic E-state index is 0.406. The van der Waals surface area contributed by atoms with Crippen molar-refractivity contribution in [1.82, 2.24) is 0 Å². The monoisotopic (exact) mass is 178 g/mol. The lowest BCUT2D eigenvalue weighted by atomic mass is 10.3. The lowest BCUT2D eigenvalue weighted by Gasteiger charge is -2.03. The number of hydrogen-bond acceptors (Lipinski definition) is 3. The number of nitrogens with zero attached hydrogens (tertiary/aromatic N) is 1. The zero-order valence-electron chi connectivity index (χ0n) is 8.36. The van der Waals surface area contributed by atoms with Gasteiger partial charge in [-0.15, -0.1) is 0 Å². The minimum atomic E-state index is -1.20. The van der Waals surface area contributed by atoms with Gasteiger partial charge in [-0.05, 0) is 12.1 Å². The SMILES string of the molecule is [2H]C1(C(=O)OC)CN1c1ccccc1. The van der Waals surface area contributed by atoms with Crippen LogP contribution in [0.3, 0.4) is 0 Å². The second-order valence-corrected chi connectivity index (χ2v) is 2.86. The van der Waals surface area contributed by atoms with Gasteiger partial charge in [-0.25, -0.2) is 4.79 Å². The first-order valence-electron chi connectivity index (χ1n) is 4.59. The van der Waals surface area contributed by atoms with Crippen LogP contribution < -0.4 is 4.90 Å². The van der Waals surface area contributed by atoms with E-state index in [4.69, 9.17) is 1.37 Å². The first-order valence-corrected chi connectivity index (χ1v) is 4.09. The predicted molar refractivity (Wildman–Crippen MR) is 49.6 cm³/mol. The normalized spacial score (nSPS) is 26.5. The van der Waals surface area contributed by atoms with E-state index in [9.17, 15) is 4.79 Å².